The number of carbonyl (C=O) groups is 3. The molecule has 1 aromatic carbocycles. The highest BCUT2D eigenvalue weighted by atomic mass is 79.9. The largest absolute Gasteiger partial charge is 0.463 e. The molecule has 2 N–H and O–H groups in total. The third-order valence-corrected chi connectivity index (χ3v) is 5.51. The van der Waals surface area contributed by atoms with E-state index in [1.54, 1.807) is 26.0 Å². The number of anilines is 1. The summed E-state index contributed by atoms with van der Waals surface area (Å²) in [5.74, 6) is -0.0912. The average molecular weight is 499 g/mol. The minimum Gasteiger partial charge on any atom is -0.463 e. The maximum absolute atomic E-state index is 12.8. The lowest BCUT2D eigenvalue weighted by Gasteiger charge is -2.19. The van der Waals surface area contributed by atoms with Crippen LogP contribution >= 0.6 is 31.9 Å². The Kier molecular flexibility index (Phi) is 5.18. The number of carbonyl (C=O) groups excluding carboxylic acids is 3. The summed E-state index contributed by atoms with van der Waals surface area (Å²) >= 11 is 6.79. The Morgan fingerprint density at radius 2 is 1.85 bits per heavy atom. The number of amides is 4. The molecule has 2 aromatic rings. The second-order valence-corrected chi connectivity index (χ2v) is 8.22. The van der Waals surface area contributed by atoms with E-state index in [1.165, 1.54) is 0 Å². The fraction of sp³-hybridized carbons (Fsp3) is 0.278. The second-order valence-electron chi connectivity index (χ2n) is 6.51. The molecule has 142 valence electrons. The molecular weight excluding hydrogens is 482 g/mol. The molecule has 1 aliphatic heterocycles. The molecule has 27 heavy (non-hydrogen) atoms. The number of imide groups is 1. The number of aryl methyl sites for hydroxylation is 2. The molecule has 7 nitrogen and oxygen atoms in total. The van der Waals surface area contributed by atoms with Gasteiger partial charge in [0.15, 0.2) is 5.54 Å². The molecule has 1 saturated heterocycles. The van der Waals surface area contributed by atoms with Gasteiger partial charge in [-0.2, -0.15) is 0 Å². The van der Waals surface area contributed by atoms with Gasteiger partial charge in [0.1, 0.15) is 18.1 Å². The van der Waals surface area contributed by atoms with Gasteiger partial charge in [-0.05, 0) is 82.5 Å². The molecule has 9 heteroatoms. The zero-order chi connectivity index (χ0) is 19.9. The lowest BCUT2D eigenvalue weighted by molar-refractivity contribution is -0.134. The Morgan fingerprint density at radius 1 is 1.22 bits per heavy atom. The summed E-state index contributed by atoms with van der Waals surface area (Å²) in [5, 5.41) is 5.32. The summed E-state index contributed by atoms with van der Waals surface area (Å²) in [4.78, 5) is 38.4. The van der Waals surface area contributed by atoms with Crippen molar-refractivity contribution in [2.24, 2.45) is 0 Å². The number of benzene rings is 1. The SMILES string of the molecule is Cc1cc(Br)c(NC(=O)CN2C(=O)NC(C)(c3ccc(C)o3)C2=O)c(Br)c1. The number of furan rings is 1. The molecule has 4 amide bonds. The van der Waals surface area contributed by atoms with Crippen molar-refractivity contribution in [3.63, 3.8) is 0 Å². The zero-order valence-electron chi connectivity index (χ0n) is 14.9. The molecule has 1 fully saturated rings. The fourth-order valence-corrected chi connectivity index (χ4v) is 4.47. The van der Waals surface area contributed by atoms with Crippen molar-refractivity contribution in [3.05, 3.63) is 50.3 Å². The van der Waals surface area contributed by atoms with Crippen LogP contribution in [0.5, 0.6) is 0 Å². The number of nitrogens with one attached hydrogen (secondary N) is 2. The van der Waals surface area contributed by atoms with Crippen LogP contribution in [0.1, 0.15) is 24.0 Å². The first-order chi connectivity index (χ1) is 12.6. The van der Waals surface area contributed by atoms with Gasteiger partial charge >= 0.3 is 6.03 Å². The van der Waals surface area contributed by atoms with Gasteiger partial charge in [-0.15, -0.1) is 0 Å². The Balaban J connectivity index is 1.77. The van der Waals surface area contributed by atoms with E-state index < -0.39 is 29.9 Å². The number of nitrogens with zero attached hydrogens (tertiary/aromatic N) is 1. The quantitative estimate of drug-likeness (QED) is 0.626. The molecule has 0 bridgehead atoms. The van der Waals surface area contributed by atoms with E-state index in [4.69, 9.17) is 4.42 Å². The van der Waals surface area contributed by atoms with E-state index in [-0.39, 0.29) is 0 Å². The number of urea groups is 1. The number of rotatable bonds is 4. The maximum Gasteiger partial charge on any atom is 0.325 e. The van der Waals surface area contributed by atoms with Crippen LogP contribution in [-0.4, -0.2) is 29.3 Å². The van der Waals surface area contributed by atoms with Crippen LogP contribution in [0.25, 0.3) is 0 Å². The highest BCUT2D eigenvalue weighted by molar-refractivity contribution is 9.11. The van der Waals surface area contributed by atoms with E-state index in [9.17, 15) is 14.4 Å². The first-order valence-electron chi connectivity index (χ1n) is 8.08. The highest BCUT2D eigenvalue weighted by Gasteiger charge is 2.51. The van der Waals surface area contributed by atoms with E-state index in [0.29, 0.717) is 26.2 Å². The normalized spacial score (nSPS) is 19.4. The van der Waals surface area contributed by atoms with Crippen LogP contribution in [0, 0.1) is 13.8 Å². The summed E-state index contributed by atoms with van der Waals surface area (Å²) in [6, 6.07) is 6.41. The first-order valence-corrected chi connectivity index (χ1v) is 9.67. The summed E-state index contributed by atoms with van der Waals surface area (Å²) < 4.78 is 6.89. The first kappa shape index (κ1) is 19.6. The molecule has 2 heterocycles. The van der Waals surface area contributed by atoms with E-state index in [2.05, 4.69) is 42.5 Å². The lowest BCUT2D eigenvalue weighted by atomic mass is 9.99. The van der Waals surface area contributed by atoms with Crippen molar-refractivity contribution < 1.29 is 18.8 Å². The summed E-state index contributed by atoms with van der Waals surface area (Å²) in [6.07, 6.45) is 0. The van der Waals surface area contributed by atoms with Crippen molar-refractivity contribution in [2.45, 2.75) is 26.3 Å². The predicted octanol–water partition coefficient (Wildman–Crippen LogP) is 3.83. The molecule has 0 aliphatic carbocycles. The molecule has 0 saturated carbocycles. The topological polar surface area (TPSA) is 91.7 Å². The number of halogens is 2. The van der Waals surface area contributed by atoms with Gasteiger partial charge in [0, 0.05) is 8.95 Å². The van der Waals surface area contributed by atoms with Gasteiger partial charge in [0.2, 0.25) is 5.91 Å². The fourth-order valence-electron chi connectivity index (χ4n) is 2.85. The summed E-state index contributed by atoms with van der Waals surface area (Å²) in [6.45, 7) is 4.81. The van der Waals surface area contributed by atoms with Gasteiger partial charge in [0.05, 0.1) is 5.69 Å². The van der Waals surface area contributed by atoms with Crippen LogP contribution in [-0.2, 0) is 15.1 Å². The van der Waals surface area contributed by atoms with Gasteiger partial charge in [-0.1, -0.05) is 0 Å². The molecule has 1 atom stereocenters. The maximum atomic E-state index is 12.8. The molecule has 1 aliphatic rings. The van der Waals surface area contributed by atoms with Crippen molar-refractivity contribution in [3.8, 4) is 0 Å². The molecule has 0 spiro atoms. The van der Waals surface area contributed by atoms with Crippen LogP contribution < -0.4 is 10.6 Å². The van der Waals surface area contributed by atoms with Gasteiger partial charge in [0.25, 0.3) is 5.91 Å². The molecule has 0 radical (unpaired) electrons. The van der Waals surface area contributed by atoms with Crippen molar-refractivity contribution in [2.75, 3.05) is 11.9 Å². The predicted molar refractivity (Wildman–Crippen MR) is 106 cm³/mol. The zero-order valence-corrected chi connectivity index (χ0v) is 18.0. The summed E-state index contributed by atoms with van der Waals surface area (Å²) in [5.41, 5.74) is 0.198. The Hall–Kier alpha value is -2.13. The van der Waals surface area contributed by atoms with Crippen LogP contribution in [0.15, 0.2) is 37.6 Å². The summed E-state index contributed by atoms with van der Waals surface area (Å²) in [7, 11) is 0. The van der Waals surface area contributed by atoms with Crippen molar-refractivity contribution in [1.29, 1.82) is 0 Å². The molecule has 3 rings (SSSR count). The Morgan fingerprint density at radius 3 is 2.41 bits per heavy atom. The van der Waals surface area contributed by atoms with Gasteiger partial charge in [-0.25, -0.2) is 4.79 Å². The van der Waals surface area contributed by atoms with E-state index in [1.807, 2.05) is 19.1 Å². The van der Waals surface area contributed by atoms with Crippen LogP contribution in [0.3, 0.4) is 0 Å². The van der Waals surface area contributed by atoms with Crippen LogP contribution in [0.2, 0.25) is 0 Å². The minimum atomic E-state index is -1.34. The molecular formula is C18H17Br2N3O4. The number of hydrogen-bond donors (Lipinski definition) is 2. The van der Waals surface area contributed by atoms with Crippen molar-refractivity contribution >= 4 is 55.4 Å². The highest BCUT2D eigenvalue weighted by Crippen LogP contribution is 2.33. The van der Waals surface area contributed by atoms with Crippen LogP contribution in [0.4, 0.5) is 10.5 Å². The smallest absolute Gasteiger partial charge is 0.325 e. The standard InChI is InChI=1S/C18H17Br2N3O4/c1-9-6-11(19)15(12(20)7-9)21-14(24)8-23-16(25)18(3,22-17(23)26)13-5-4-10(2)27-13/h4-7H,8H2,1-3H3,(H,21,24)(H,22,26). The Labute approximate surface area is 172 Å². The van der Waals surface area contributed by atoms with Gasteiger partial charge in [-0.3, -0.25) is 14.5 Å². The van der Waals surface area contributed by atoms with Gasteiger partial charge < -0.3 is 15.1 Å². The van der Waals surface area contributed by atoms with E-state index >= 15 is 0 Å². The number of hydrogen-bond acceptors (Lipinski definition) is 4. The third kappa shape index (κ3) is 3.66. The monoisotopic (exact) mass is 497 g/mol. The second kappa shape index (κ2) is 7.12. The minimum absolute atomic E-state index is 0.324. The molecule has 1 aromatic heterocycles. The Bertz CT molecular complexity index is 933. The lowest BCUT2D eigenvalue weighted by Crippen LogP contribution is -2.41. The molecule has 1 unspecified atom stereocenters. The van der Waals surface area contributed by atoms with E-state index in [0.717, 1.165) is 10.5 Å². The average Bonchev–Trinajstić information content (AvgIpc) is 3.09. The van der Waals surface area contributed by atoms with Crippen molar-refractivity contribution in [1.82, 2.24) is 10.2 Å². The third-order valence-electron chi connectivity index (χ3n) is 4.26.